The number of piperidine rings is 1. The third kappa shape index (κ3) is 4.91. The Kier molecular flexibility index (Phi) is 5.21. The molecule has 0 aromatic heterocycles. The number of hydrogen-bond acceptors (Lipinski definition) is 3. The first-order valence-corrected chi connectivity index (χ1v) is 6.90. The van der Waals surface area contributed by atoms with E-state index >= 15 is 0 Å². The maximum atomic E-state index is 11.8. The van der Waals surface area contributed by atoms with Crippen LogP contribution in [0.15, 0.2) is 30.3 Å². The smallest absolute Gasteiger partial charge is 0.223 e. The molecule has 1 aliphatic heterocycles. The van der Waals surface area contributed by atoms with Crippen molar-refractivity contribution in [2.24, 2.45) is 0 Å². The Balaban J connectivity index is 1.64. The van der Waals surface area contributed by atoms with Gasteiger partial charge in [0.1, 0.15) is 5.75 Å². The van der Waals surface area contributed by atoms with Gasteiger partial charge in [-0.3, -0.25) is 4.79 Å². The molecule has 1 N–H and O–H groups in total. The fourth-order valence-corrected chi connectivity index (χ4v) is 2.36. The molecule has 19 heavy (non-hydrogen) atoms. The SMILES string of the molecule is CN1CCCC(NC(=O)CCOc2ccccc2)C1. The largest absolute Gasteiger partial charge is 0.493 e. The van der Waals surface area contributed by atoms with Crippen LogP contribution < -0.4 is 10.1 Å². The molecule has 0 saturated carbocycles. The second kappa shape index (κ2) is 7.14. The second-order valence-corrected chi connectivity index (χ2v) is 5.08. The third-order valence-electron chi connectivity index (χ3n) is 3.33. The number of likely N-dealkylation sites (N-methyl/N-ethyl adjacent to an activating group) is 1. The molecule has 0 spiro atoms. The molecule has 1 aliphatic rings. The van der Waals surface area contributed by atoms with Gasteiger partial charge in [-0.15, -0.1) is 0 Å². The Morgan fingerprint density at radius 1 is 1.42 bits per heavy atom. The number of benzene rings is 1. The number of para-hydroxylation sites is 1. The van der Waals surface area contributed by atoms with Crippen LogP contribution >= 0.6 is 0 Å². The van der Waals surface area contributed by atoms with Crippen LogP contribution in [0.3, 0.4) is 0 Å². The molecule has 1 amide bonds. The average Bonchev–Trinajstić information content (AvgIpc) is 2.40. The molecule has 0 bridgehead atoms. The summed E-state index contributed by atoms with van der Waals surface area (Å²) in [5.74, 6) is 0.893. The molecule has 1 aromatic carbocycles. The highest BCUT2D eigenvalue weighted by Crippen LogP contribution is 2.09. The summed E-state index contributed by atoms with van der Waals surface area (Å²) in [4.78, 5) is 14.1. The zero-order valence-corrected chi connectivity index (χ0v) is 11.5. The summed E-state index contributed by atoms with van der Waals surface area (Å²) in [7, 11) is 2.09. The first-order valence-electron chi connectivity index (χ1n) is 6.90. The van der Waals surface area contributed by atoms with Gasteiger partial charge >= 0.3 is 0 Å². The van der Waals surface area contributed by atoms with Gasteiger partial charge < -0.3 is 15.0 Å². The lowest BCUT2D eigenvalue weighted by molar-refractivity contribution is -0.122. The van der Waals surface area contributed by atoms with E-state index in [1.54, 1.807) is 0 Å². The molecule has 1 aromatic rings. The topological polar surface area (TPSA) is 41.6 Å². The lowest BCUT2D eigenvalue weighted by Gasteiger charge is -2.30. The lowest BCUT2D eigenvalue weighted by Crippen LogP contribution is -2.46. The summed E-state index contributed by atoms with van der Waals surface area (Å²) in [6.07, 6.45) is 2.65. The number of nitrogens with zero attached hydrogens (tertiary/aromatic N) is 1. The van der Waals surface area contributed by atoms with Gasteiger partial charge in [0, 0.05) is 12.6 Å². The van der Waals surface area contributed by atoms with Gasteiger partial charge in [0.15, 0.2) is 0 Å². The Hall–Kier alpha value is -1.55. The van der Waals surface area contributed by atoms with E-state index in [2.05, 4.69) is 17.3 Å². The molecule has 1 fully saturated rings. The highest BCUT2D eigenvalue weighted by Gasteiger charge is 2.18. The molecule has 104 valence electrons. The Morgan fingerprint density at radius 3 is 2.95 bits per heavy atom. The fraction of sp³-hybridized carbons (Fsp3) is 0.533. The van der Waals surface area contributed by atoms with Crippen LogP contribution in [0.5, 0.6) is 5.75 Å². The second-order valence-electron chi connectivity index (χ2n) is 5.08. The van der Waals surface area contributed by atoms with E-state index in [1.807, 2.05) is 30.3 Å². The average molecular weight is 262 g/mol. The van der Waals surface area contributed by atoms with Crippen LogP contribution in [0.2, 0.25) is 0 Å². The van der Waals surface area contributed by atoms with Crippen LogP contribution in [0.25, 0.3) is 0 Å². The molecule has 4 heteroatoms. The Bertz CT molecular complexity index is 394. The first-order chi connectivity index (χ1) is 9.24. The minimum Gasteiger partial charge on any atom is -0.493 e. The van der Waals surface area contributed by atoms with Crippen molar-refractivity contribution >= 4 is 5.91 Å². The van der Waals surface area contributed by atoms with Crippen molar-refractivity contribution in [3.8, 4) is 5.75 Å². The van der Waals surface area contributed by atoms with Gasteiger partial charge in [0.2, 0.25) is 5.91 Å². The van der Waals surface area contributed by atoms with E-state index in [1.165, 1.54) is 0 Å². The minimum atomic E-state index is 0.0798. The molecule has 1 unspecified atom stereocenters. The highest BCUT2D eigenvalue weighted by molar-refractivity contribution is 5.76. The maximum absolute atomic E-state index is 11.8. The molecular weight excluding hydrogens is 240 g/mol. The predicted octanol–water partition coefficient (Wildman–Crippen LogP) is 1.67. The van der Waals surface area contributed by atoms with Crippen LogP contribution in [-0.4, -0.2) is 43.6 Å². The summed E-state index contributed by atoms with van der Waals surface area (Å²) in [6.45, 7) is 2.51. The van der Waals surface area contributed by atoms with Gasteiger partial charge in [-0.1, -0.05) is 18.2 Å². The van der Waals surface area contributed by atoms with Crippen molar-refractivity contribution in [3.05, 3.63) is 30.3 Å². The van der Waals surface area contributed by atoms with Crippen molar-refractivity contribution in [3.63, 3.8) is 0 Å². The van der Waals surface area contributed by atoms with Gasteiger partial charge in [-0.25, -0.2) is 0 Å². The minimum absolute atomic E-state index is 0.0798. The van der Waals surface area contributed by atoms with Crippen molar-refractivity contribution in [1.82, 2.24) is 10.2 Å². The quantitative estimate of drug-likeness (QED) is 0.877. The summed E-state index contributed by atoms with van der Waals surface area (Å²) >= 11 is 0. The molecule has 0 aliphatic carbocycles. The van der Waals surface area contributed by atoms with E-state index in [9.17, 15) is 4.79 Å². The van der Waals surface area contributed by atoms with Crippen molar-refractivity contribution in [2.75, 3.05) is 26.7 Å². The number of nitrogens with one attached hydrogen (secondary N) is 1. The molecule has 1 atom stereocenters. The summed E-state index contributed by atoms with van der Waals surface area (Å²) in [5, 5.41) is 3.07. The number of rotatable bonds is 5. The van der Waals surface area contributed by atoms with E-state index < -0.39 is 0 Å². The fourth-order valence-electron chi connectivity index (χ4n) is 2.36. The predicted molar refractivity (Wildman–Crippen MR) is 75.2 cm³/mol. The lowest BCUT2D eigenvalue weighted by atomic mass is 10.1. The number of hydrogen-bond donors (Lipinski definition) is 1. The maximum Gasteiger partial charge on any atom is 0.223 e. The van der Waals surface area contributed by atoms with Crippen molar-refractivity contribution in [2.45, 2.75) is 25.3 Å². The summed E-state index contributed by atoms with van der Waals surface area (Å²) in [6, 6.07) is 9.88. The van der Waals surface area contributed by atoms with Crippen LogP contribution in [0, 0.1) is 0 Å². The van der Waals surface area contributed by atoms with E-state index in [0.717, 1.165) is 31.7 Å². The van der Waals surface area contributed by atoms with Crippen LogP contribution in [0.1, 0.15) is 19.3 Å². The molecular formula is C15H22N2O2. The number of likely N-dealkylation sites (tertiary alicyclic amines) is 1. The number of amides is 1. The van der Waals surface area contributed by atoms with E-state index in [0.29, 0.717) is 19.1 Å². The van der Waals surface area contributed by atoms with Crippen LogP contribution in [0.4, 0.5) is 0 Å². The number of carbonyl (C=O) groups is 1. The van der Waals surface area contributed by atoms with Gasteiger partial charge in [-0.05, 0) is 38.6 Å². The molecule has 0 radical (unpaired) electrons. The normalized spacial score (nSPS) is 19.9. The van der Waals surface area contributed by atoms with Gasteiger partial charge in [0.25, 0.3) is 0 Å². The standard InChI is InChI=1S/C15H22N2O2/c1-17-10-5-6-13(12-17)16-15(18)9-11-19-14-7-3-2-4-8-14/h2-4,7-8,13H,5-6,9-12H2,1H3,(H,16,18). The molecule has 4 nitrogen and oxygen atoms in total. The summed E-state index contributed by atoms with van der Waals surface area (Å²) < 4.78 is 5.52. The van der Waals surface area contributed by atoms with Gasteiger partial charge in [0.05, 0.1) is 13.0 Å². The van der Waals surface area contributed by atoms with Crippen molar-refractivity contribution < 1.29 is 9.53 Å². The van der Waals surface area contributed by atoms with Crippen LogP contribution in [-0.2, 0) is 4.79 Å². The first kappa shape index (κ1) is 13.9. The molecule has 1 heterocycles. The zero-order chi connectivity index (χ0) is 13.5. The van der Waals surface area contributed by atoms with E-state index in [4.69, 9.17) is 4.74 Å². The van der Waals surface area contributed by atoms with Crippen molar-refractivity contribution in [1.29, 1.82) is 0 Å². The Morgan fingerprint density at radius 2 is 2.21 bits per heavy atom. The number of carbonyl (C=O) groups excluding carboxylic acids is 1. The highest BCUT2D eigenvalue weighted by atomic mass is 16.5. The zero-order valence-electron chi connectivity index (χ0n) is 11.5. The third-order valence-corrected chi connectivity index (χ3v) is 3.33. The molecule has 1 saturated heterocycles. The number of ether oxygens (including phenoxy) is 1. The molecule has 2 rings (SSSR count). The van der Waals surface area contributed by atoms with E-state index in [-0.39, 0.29) is 5.91 Å². The Labute approximate surface area is 114 Å². The summed E-state index contributed by atoms with van der Waals surface area (Å²) in [5.41, 5.74) is 0. The van der Waals surface area contributed by atoms with Gasteiger partial charge in [-0.2, -0.15) is 0 Å². The monoisotopic (exact) mass is 262 g/mol.